The van der Waals surface area contributed by atoms with E-state index in [0.29, 0.717) is 17.2 Å². The van der Waals surface area contributed by atoms with Crippen LogP contribution in [0.5, 0.6) is 0 Å². The first-order chi connectivity index (χ1) is 16.0. The molecule has 0 aliphatic carbocycles. The summed E-state index contributed by atoms with van der Waals surface area (Å²) in [6, 6.07) is 16.2. The lowest BCUT2D eigenvalue weighted by Crippen LogP contribution is -2.40. The Morgan fingerprint density at radius 2 is 1.94 bits per heavy atom. The van der Waals surface area contributed by atoms with Crippen molar-refractivity contribution in [2.75, 3.05) is 44.7 Å². The Labute approximate surface area is 200 Å². The molecule has 0 amide bonds. The number of pyridine rings is 1. The van der Waals surface area contributed by atoms with Crippen LogP contribution in [0.4, 0.5) is 5.69 Å². The Balaban J connectivity index is 1.52. The van der Waals surface area contributed by atoms with E-state index in [-0.39, 0.29) is 5.56 Å². The number of anilines is 1. The predicted octanol–water partition coefficient (Wildman–Crippen LogP) is 4.07. The first kappa shape index (κ1) is 23.4. The van der Waals surface area contributed by atoms with Crippen LogP contribution in [0.3, 0.4) is 0 Å². The third kappa shape index (κ3) is 6.19. The highest BCUT2D eigenvalue weighted by molar-refractivity contribution is 7.80. The fourth-order valence-corrected chi connectivity index (χ4v) is 4.51. The number of aryl methyl sites for hydroxylation is 2. The molecule has 33 heavy (non-hydrogen) atoms. The lowest BCUT2D eigenvalue weighted by atomic mass is 10.1. The van der Waals surface area contributed by atoms with Crippen LogP contribution in [-0.4, -0.2) is 59.3 Å². The number of thiocarbonyl (C=S) groups is 1. The standard InChI is InChI=1S/C26H32N4O2S/c1-19-6-3-9-23(16-19)27-26(33)30(11-5-10-29-12-14-32-15-13-29)18-22-17-21-8-4-7-20(2)24(21)28-25(22)31/h3-4,6-9,16-17H,5,10-15,18H2,1-2H3,(H,27,33)(H,28,31). The van der Waals surface area contributed by atoms with Gasteiger partial charge in [-0.15, -0.1) is 0 Å². The highest BCUT2D eigenvalue weighted by Crippen LogP contribution is 2.17. The van der Waals surface area contributed by atoms with Crippen molar-refractivity contribution in [2.24, 2.45) is 0 Å². The number of para-hydroxylation sites is 1. The van der Waals surface area contributed by atoms with E-state index in [2.05, 4.69) is 39.2 Å². The third-order valence-electron chi connectivity index (χ3n) is 6.09. The third-order valence-corrected chi connectivity index (χ3v) is 6.45. The number of benzene rings is 2. The summed E-state index contributed by atoms with van der Waals surface area (Å²) in [7, 11) is 0. The highest BCUT2D eigenvalue weighted by atomic mass is 32.1. The summed E-state index contributed by atoms with van der Waals surface area (Å²) in [5.74, 6) is 0. The molecule has 1 aliphatic heterocycles. The van der Waals surface area contributed by atoms with Crippen molar-refractivity contribution in [3.8, 4) is 0 Å². The molecule has 2 N–H and O–H groups in total. The molecule has 0 atom stereocenters. The van der Waals surface area contributed by atoms with Crippen molar-refractivity contribution in [3.05, 3.63) is 75.6 Å². The highest BCUT2D eigenvalue weighted by Gasteiger charge is 2.16. The van der Waals surface area contributed by atoms with E-state index in [1.807, 2.05) is 43.3 Å². The van der Waals surface area contributed by atoms with Gasteiger partial charge in [-0.25, -0.2) is 0 Å². The van der Waals surface area contributed by atoms with Crippen LogP contribution in [0, 0.1) is 13.8 Å². The minimum Gasteiger partial charge on any atom is -0.379 e. The Morgan fingerprint density at radius 3 is 2.73 bits per heavy atom. The molecule has 6 nitrogen and oxygen atoms in total. The first-order valence-electron chi connectivity index (χ1n) is 11.5. The number of H-pyrrole nitrogens is 1. The number of ether oxygens (including phenoxy) is 1. The van der Waals surface area contributed by atoms with E-state index >= 15 is 0 Å². The smallest absolute Gasteiger partial charge is 0.253 e. The maximum Gasteiger partial charge on any atom is 0.253 e. The zero-order valence-electron chi connectivity index (χ0n) is 19.4. The quantitative estimate of drug-likeness (QED) is 0.514. The zero-order chi connectivity index (χ0) is 23.2. The van der Waals surface area contributed by atoms with Crippen LogP contribution in [-0.2, 0) is 11.3 Å². The van der Waals surface area contributed by atoms with Gasteiger partial charge in [-0.2, -0.15) is 0 Å². The van der Waals surface area contributed by atoms with Gasteiger partial charge in [0.15, 0.2) is 5.11 Å². The maximum absolute atomic E-state index is 12.9. The molecule has 4 rings (SSSR count). The molecule has 0 saturated carbocycles. The number of hydrogen-bond acceptors (Lipinski definition) is 4. The number of morpholine rings is 1. The molecule has 1 fully saturated rings. The predicted molar refractivity (Wildman–Crippen MR) is 139 cm³/mol. The molecular weight excluding hydrogens is 432 g/mol. The summed E-state index contributed by atoms with van der Waals surface area (Å²) in [4.78, 5) is 20.5. The second kappa shape index (κ2) is 10.9. The molecule has 1 saturated heterocycles. The molecular formula is C26H32N4O2S. The van der Waals surface area contributed by atoms with Gasteiger partial charge in [-0.1, -0.05) is 30.3 Å². The van der Waals surface area contributed by atoms with Gasteiger partial charge in [-0.05, 0) is 67.2 Å². The summed E-state index contributed by atoms with van der Waals surface area (Å²) >= 11 is 5.80. The molecule has 1 aromatic heterocycles. The summed E-state index contributed by atoms with van der Waals surface area (Å²) in [6.07, 6.45) is 0.959. The lowest BCUT2D eigenvalue weighted by Gasteiger charge is -2.29. The fraction of sp³-hybridized carbons (Fsp3) is 0.385. The first-order valence-corrected chi connectivity index (χ1v) is 11.9. The van der Waals surface area contributed by atoms with Crippen molar-refractivity contribution in [1.82, 2.24) is 14.8 Å². The van der Waals surface area contributed by atoms with Crippen molar-refractivity contribution < 1.29 is 4.74 Å². The Morgan fingerprint density at radius 1 is 1.15 bits per heavy atom. The number of fused-ring (bicyclic) bond motifs is 1. The SMILES string of the molecule is Cc1cccc(NC(=S)N(CCCN2CCOCC2)Cc2cc3cccc(C)c3[nH]c2=O)c1. The molecule has 1 aliphatic rings. The topological polar surface area (TPSA) is 60.6 Å². The van der Waals surface area contributed by atoms with Crippen LogP contribution in [0.2, 0.25) is 0 Å². The van der Waals surface area contributed by atoms with E-state index in [0.717, 1.165) is 68.0 Å². The van der Waals surface area contributed by atoms with Crippen molar-refractivity contribution >= 4 is 33.9 Å². The van der Waals surface area contributed by atoms with E-state index in [4.69, 9.17) is 17.0 Å². The minimum atomic E-state index is -0.0617. The molecule has 0 radical (unpaired) electrons. The van der Waals surface area contributed by atoms with Crippen LogP contribution in [0.1, 0.15) is 23.1 Å². The number of aromatic nitrogens is 1. The van der Waals surface area contributed by atoms with E-state index in [9.17, 15) is 4.79 Å². The van der Waals surface area contributed by atoms with Crippen LogP contribution in [0.15, 0.2) is 53.3 Å². The molecule has 0 spiro atoms. The molecule has 2 aromatic carbocycles. The molecule has 0 bridgehead atoms. The number of hydrogen-bond donors (Lipinski definition) is 2. The van der Waals surface area contributed by atoms with Crippen LogP contribution >= 0.6 is 12.2 Å². The lowest BCUT2D eigenvalue weighted by molar-refractivity contribution is 0.0367. The molecule has 174 valence electrons. The summed E-state index contributed by atoms with van der Waals surface area (Å²) in [6.45, 7) is 9.80. The van der Waals surface area contributed by atoms with Gasteiger partial charge in [-0.3, -0.25) is 9.69 Å². The zero-order valence-corrected chi connectivity index (χ0v) is 20.2. The molecule has 2 heterocycles. The maximum atomic E-state index is 12.9. The van der Waals surface area contributed by atoms with Gasteiger partial charge in [0.2, 0.25) is 0 Å². The Hall–Kier alpha value is -2.74. The number of aromatic amines is 1. The van der Waals surface area contributed by atoms with Crippen molar-refractivity contribution in [3.63, 3.8) is 0 Å². The average molecular weight is 465 g/mol. The van der Waals surface area contributed by atoms with Crippen molar-refractivity contribution in [1.29, 1.82) is 0 Å². The largest absolute Gasteiger partial charge is 0.379 e. The average Bonchev–Trinajstić information content (AvgIpc) is 2.80. The van der Waals surface area contributed by atoms with Crippen molar-refractivity contribution in [2.45, 2.75) is 26.8 Å². The van der Waals surface area contributed by atoms with Gasteiger partial charge in [0.05, 0.1) is 25.3 Å². The Kier molecular flexibility index (Phi) is 7.75. The van der Waals surface area contributed by atoms with E-state index < -0.39 is 0 Å². The van der Waals surface area contributed by atoms with Gasteiger partial charge >= 0.3 is 0 Å². The summed E-state index contributed by atoms with van der Waals surface area (Å²) in [5.41, 5.74) is 4.74. The molecule has 7 heteroatoms. The summed E-state index contributed by atoms with van der Waals surface area (Å²) in [5, 5.41) is 5.04. The van der Waals surface area contributed by atoms with Gasteiger partial charge in [0, 0.05) is 37.4 Å². The molecule has 0 unspecified atom stereocenters. The molecule has 3 aromatic rings. The normalized spacial score (nSPS) is 14.4. The fourth-order valence-electron chi connectivity index (χ4n) is 4.24. The summed E-state index contributed by atoms with van der Waals surface area (Å²) < 4.78 is 5.46. The Bertz CT molecular complexity index is 1170. The van der Waals surface area contributed by atoms with Gasteiger partial charge < -0.3 is 19.9 Å². The second-order valence-corrected chi connectivity index (χ2v) is 9.08. The van der Waals surface area contributed by atoms with Crippen LogP contribution < -0.4 is 10.9 Å². The van der Waals surface area contributed by atoms with E-state index in [1.54, 1.807) is 0 Å². The van der Waals surface area contributed by atoms with Crippen LogP contribution in [0.25, 0.3) is 10.9 Å². The minimum absolute atomic E-state index is 0.0617. The second-order valence-electron chi connectivity index (χ2n) is 8.69. The number of nitrogens with zero attached hydrogens (tertiary/aromatic N) is 2. The number of nitrogens with one attached hydrogen (secondary N) is 2. The van der Waals surface area contributed by atoms with E-state index in [1.165, 1.54) is 5.56 Å². The monoisotopic (exact) mass is 464 g/mol. The number of rotatable bonds is 7. The van der Waals surface area contributed by atoms with Gasteiger partial charge in [0.25, 0.3) is 5.56 Å². The van der Waals surface area contributed by atoms with Gasteiger partial charge in [0.1, 0.15) is 0 Å².